The van der Waals surface area contributed by atoms with Gasteiger partial charge in [-0.2, -0.15) is 5.26 Å². The first kappa shape index (κ1) is 26.3. The Morgan fingerprint density at radius 1 is 0.947 bits per heavy atom. The van der Waals surface area contributed by atoms with Gasteiger partial charge in [0, 0.05) is 10.9 Å². The summed E-state index contributed by atoms with van der Waals surface area (Å²) in [6, 6.07) is 24.0. The first-order valence-electron chi connectivity index (χ1n) is 11.6. The number of hydrogen-bond donors (Lipinski definition) is 1. The summed E-state index contributed by atoms with van der Waals surface area (Å²) in [5.41, 5.74) is 2.25. The summed E-state index contributed by atoms with van der Waals surface area (Å²) in [5.74, 6) is 1.90. The zero-order valence-electron chi connectivity index (χ0n) is 20.8. The second-order valence-electron chi connectivity index (χ2n) is 7.81. The lowest BCUT2D eigenvalue weighted by atomic mass is 10.1. The molecule has 38 heavy (non-hydrogen) atoms. The second kappa shape index (κ2) is 12.9. The lowest BCUT2D eigenvalue weighted by Gasteiger charge is -2.12. The van der Waals surface area contributed by atoms with Crippen LogP contribution >= 0.6 is 11.3 Å². The van der Waals surface area contributed by atoms with Crippen molar-refractivity contribution < 1.29 is 23.7 Å². The number of ether oxygens (including phenoxy) is 4. The van der Waals surface area contributed by atoms with E-state index < -0.39 is 5.91 Å². The maximum absolute atomic E-state index is 12.7. The molecule has 1 aromatic heterocycles. The number of hydrogen-bond acceptors (Lipinski definition) is 8. The van der Waals surface area contributed by atoms with Crippen molar-refractivity contribution in [2.45, 2.75) is 0 Å². The van der Waals surface area contributed by atoms with Gasteiger partial charge in [-0.3, -0.25) is 10.1 Å². The number of aromatic nitrogens is 1. The Balaban J connectivity index is 1.36. The highest BCUT2D eigenvalue weighted by molar-refractivity contribution is 7.14. The van der Waals surface area contributed by atoms with Crippen molar-refractivity contribution in [3.8, 4) is 40.3 Å². The van der Waals surface area contributed by atoms with Crippen molar-refractivity contribution in [3.05, 3.63) is 89.3 Å². The third-order valence-electron chi connectivity index (χ3n) is 5.33. The van der Waals surface area contributed by atoms with Crippen molar-refractivity contribution >= 4 is 28.5 Å². The molecule has 0 fully saturated rings. The third-order valence-corrected chi connectivity index (χ3v) is 6.08. The monoisotopic (exact) mass is 527 g/mol. The first-order chi connectivity index (χ1) is 18.6. The number of methoxy groups -OCH3 is 2. The predicted octanol–water partition coefficient (Wildman–Crippen LogP) is 5.83. The van der Waals surface area contributed by atoms with Crippen molar-refractivity contribution in [1.29, 1.82) is 5.26 Å². The molecular weight excluding hydrogens is 502 g/mol. The number of benzene rings is 3. The molecule has 4 rings (SSSR count). The van der Waals surface area contributed by atoms with Gasteiger partial charge in [-0.1, -0.05) is 36.4 Å². The zero-order chi connectivity index (χ0) is 26.7. The van der Waals surface area contributed by atoms with Gasteiger partial charge < -0.3 is 18.9 Å². The van der Waals surface area contributed by atoms with Crippen LogP contribution in [0.25, 0.3) is 17.3 Å². The number of rotatable bonds is 11. The molecule has 0 radical (unpaired) electrons. The smallest absolute Gasteiger partial charge is 0.268 e. The van der Waals surface area contributed by atoms with Crippen LogP contribution in [-0.2, 0) is 4.79 Å². The minimum absolute atomic E-state index is 0.0647. The highest BCUT2D eigenvalue weighted by atomic mass is 32.1. The molecule has 1 N–H and O–H groups in total. The largest absolute Gasteiger partial charge is 0.497 e. The summed E-state index contributed by atoms with van der Waals surface area (Å²) in [6.45, 7) is 0.626. The number of carbonyl (C=O) groups is 1. The fraction of sp³-hybridized carbons (Fsp3) is 0.138. The minimum atomic E-state index is -0.545. The van der Waals surface area contributed by atoms with Gasteiger partial charge in [0.1, 0.15) is 36.4 Å². The Kier molecular flexibility index (Phi) is 8.94. The fourth-order valence-electron chi connectivity index (χ4n) is 3.43. The van der Waals surface area contributed by atoms with Gasteiger partial charge in [0.25, 0.3) is 5.91 Å². The maximum Gasteiger partial charge on any atom is 0.268 e. The van der Waals surface area contributed by atoms with E-state index in [1.165, 1.54) is 24.5 Å². The molecule has 0 atom stereocenters. The Morgan fingerprint density at radius 2 is 1.68 bits per heavy atom. The highest BCUT2D eigenvalue weighted by Gasteiger charge is 2.14. The molecular formula is C29H25N3O5S. The van der Waals surface area contributed by atoms with Crippen molar-refractivity contribution in [2.75, 3.05) is 32.8 Å². The lowest BCUT2D eigenvalue weighted by Crippen LogP contribution is -2.13. The molecule has 0 aliphatic carbocycles. The van der Waals surface area contributed by atoms with E-state index >= 15 is 0 Å². The van der Waals surface area contributed by atoms with Crippen LogP contribution in [0, 0.1) is 11.3 Å². The van der Waals surface area contributed by atoms with Gasteiger partial charge in [0.05, 0.1) is 19.9 Å². The topological polar surface area (TPSA) is 103 Å². The van der Waals surface area contributed by atoms with Crippen LogP contribution in [0.15, 0.2) is 83.7 Å². The van der Waals surface area contributed by atoms with Crippen LogP contribution in [0.4, 0.5) is 5.13 Å². The van der Waals surface area contributed by atoms with E-state index in [2.05, 4.69) is 10.3 Å². The average Bonchev–Trinajstić information content (AvgIpc) is 3.43. The van der Waals surface area contributed by atoms with Crippen LogP contribution in [-0.4, -0.2) is 38.3 Å². The van der Waals surface area contributed by atoms with Crippen LogP contribution in [0.5, 0.6) is 23.0 Å². The van der Waals surface area contributed by atoms with Gasteiger partial charge in [-0.25, -0.2) is 4.98 Å². The summed E-state index contributed by atoms with van der Waals surface area (Å²) in [7, 11) is 3.13. The van der Waals surface area contributed by atoms with E-state index in [4.69, 9.17) is 18.9 Å². The van der Waals surface area contributed by atoms with Crippen LogP contribution in [0.1, 0.15) is 5.56 Å². The molecule has 0 aliphatic heterocycles. The SMILES string of the molecule is COc1ccc(OCCOc2ccc(C=C(C#N)C(=O)Nc3nc(-c4ccccc4)cs3)cc2OC)cc1. The van der Waals surface area contributed by atoms with E-state index in [9.17, 15) is 10.1 Å². The maximum atomic E-state index is 12.7. The predicted molar refractivity (Wildman–Crippen MR) is 147 cm³/mol. The zero-order valence-corrected chi connectivity index (χ0v) is 21.7. The Labute approximate surface area is 224 Å². The Hall–Kier alpha value is -4.81. The van der Waals surface area contributed by atoms with Gasteiger partial charge in [0.15, 0.2) is 16.6 Å². The molecule has 8 nitrogen and oxygen atoms in total. The number of nitrogens with one attached hydrogen (secondary N) is 1. The molecule has 0 unspecified atom stereocenters. The summed E-state index contributed by atoms with van der Waals surface area (Å²) in [6.07, 6.45) is 1.49. The average molecular weight is 528 g/mol. The van der Waals surface area contributed by atoms with E-state index in [0.29, 0.717) is 41.2 Å². The molecule has 0 aliphatic rings. The molecule has 0 saturated carbocycles. The number of nitriles is 1. The Bertz CT molecular complexity index is 1440. The number of anilines is 1. The number of carbonyl (C=O) groups excluding carboxylic acids is 1. The molecule has 4 aromatic rings. The number of nitrogens with zero attached hydrogens (tertiary/aromatic N) is 2. The first-order valence-corrected chi connectivity index (χ1v) is 12.5. The van der Waals surface area contributed by atoms with Crippen LogP contribution in [0.3, 0.4) is 0 Å². The lowest BCUT2D eigenvalue weighted by molar-refractivity contribution is -0.112. The van der Waals surface area contributed by atoms with E-state index in [1.54, 1.807) is 25.3 Å². The van der Waals surface area contributed by atoms with Gasteiger partial charge >= 0.3 is 0 Å². The normalized spacial score (nSPS) is 10.8. The van der Waals surface area contributed by atoms with Crippen molar-refractivity contribution in [2.24, 2.45) is 0 Å². The summed E-state index contributed by atoms with van der Waals surface area (Å²) < 4.78 is 22.1. The van der Waals surface area contributed by atoms with Crippen LogP contribution < -0.4 is 24.3 Å². The molecule has 9 heteroatoms. The van der Waals surface area contributed by atoms with Crippen molar-refractivity contribution in [1.82, 2.24) is 4.98 Å². The Morgan fingerprint density at radius 3 is 2.39 bits per heavy atom. The standard InChI is InChI=1S/C29H25N3O5S/c1-34-23-9-11-24(12-10-23)36-14-15-37-26-13-8-20(17-27(26)35-2)16-22(18-30)28(33)32-29-31-25(19-38-29)21-6-4-3-5-7-21/h3-13,16-17,19H,14-15H2,1-2H3,(H,31,32,33). The van der Waals surface area contributed by atoms with Gasteiger partial charge in [0.2, 0.25) is 0 Å². The molecule has 3 aromatic carbocycles. The van der Waals surface area contributed by atoms with E-state index in [0.717, 1.165) is 17.0 Å². The highest BCUT2D eigenvalue weighted by Crippen LogP contribution is 2.29. The van der Waals surface area contributed by atoms with E-state index in [1.807, 2.05) is 66.0 Å². The van der Waals surface area contributed by atoms with Gasteiger partial charge in [-0.05, 0) is 48.0 Å². The fourth-order valence-corrected chi connectivity index (χ4v) is 4.14. The molecule has 0 bridgehead atoms. The summed E-state index contributed by atoms with van der Waals surface area (Å²) in [5, 5.41) is 14.6. The van der Waals surface area contributed by atoms with E-state index in [-0.39, 0.29) is 5.57 Å². The third kappa shape index (κ3) is 6.90. The summed E-state index contributed by atoms with van der Waals surface area (Å²) in [4.78, 5) is 17.2. The molecule has 0 saturated heterocycles. The molecule has 192 valence electrons. The molecule has 0 spiro atoms. The van der Waals surface area contributed by atoms with Gasteiger partial charge in [-0.15, -0.1) is 11.3 Å². The number of amides is 1. The van der Waals surface area contributed by atoms with Crippen molar-refractivity contribution in [3.63, 3.8) is 0 Å². The minimum Gasteiger partial charge on any atom is -0.497 e. The molecule has 1 amide bonds. The molecule has 1 heterocycles. The second-order valence-corrected chi connectivity index (χ2v) is 8.67. The van der Waals surface area contributed by atoms with Crippen LogP contribution in [0.2, 0.25) is 0 Å². The number of thiazole rings is 1. The summed E-state index contributed by atoms with van der Waals surface area (Å²) >= 11 is 1.29. The quantitative estimate of drug-likeness (QED) is 0.149.